The summed E-state index contributed by atoms with van der Waals surface area (Å²) in [6, 6.07) is 6.69. The van der Waals surface area contributed by atoms with Crippen molar-refractivity contribution in [2.45, 2.75) is 38.6 Å². The lowest BCUT2D eigenvalue weighted by atomic mass is 10.1. The molecular formula is C18H22N2O4. The molecule has 3 N–H and O–H groups in total. The van der Waals surface area contributed by atoms with Crippen molar-refractivity contribution in [3.63, 3.8) is 0 Å². The van der Waals surface area contributed by atoms with E-state index in [0.29, 0.717) is 36.4 Å². The van der Waals surface area contributed by atoms with Crippen LogP contribution in [0.2, 0.25) is 0 Å². The number of amides is 2. The molecule has 2 amide bonds. The van der Waals surface area contributed by atoms with Gasteiger partial charge >= 0.3 is 5.97 Å². The summed E-state index contributed by atoms with van der Waals surface area (Å²) in [6.07, 6.45) is 2.71. The van der Waals surface area contributed by atoms with Crippen LogP contribution in [0.5, 0.6) is 0 Å². The molecule has 3 rings (SSSR count). The lowest BCUT2D eigenvalue weighted by molar-refractivity contribution is -0.141. The molecule has 2 unspecified atom stereocenters. The van der Waals surface area contributed by atoms with Gasteiger partial charge in [-0.05, 0) is 55.9 Å². The summed E-state index contributed by atoms with van der Waals surface area (Å²) in [4.78, 5) is 35.1. The average molecular weight is 330 g/mol. The van der Waals surface area contributed by atoms with E-state index in [1.54, 1.807) is 24.3 Å². The van der Waals surface area contributed by atoms with Gasteiger partial charge in [-0.2, -0.15) is 0 Å². The maximum Gasteiger partial charge on any atom is 0.306 e. The quantitative estimate of drug-likeness (QED) is 0.771. The first-order valence-corrected chi connectivity index (χ1v) is 8.38. The third kappa shape index (κ3) is 3.75. The van der Waals surface area contributed by atoms with Crippen LogP contribution in [0.3, 0.4) is 0 Å². The van der Waals surface area contributed by atoms with E-state index in [-0.39, 0.29) is 29.7 Å². The normalized spacial score (nSPS) is 28.2. The highest BCUT2D eigenvalue weighted by Crippen LogP contribution is 2.38. The van der Waals surface area contributed by atoms with E-state index in [1.807, 2.05) is 0 Å². The van der Waals surface area contributed by atoms with Crippen molar-refractivity contribution in [1.82, 2.24) is 5.32 Å². The summed E-state index contributed by atoms with van der Waals surface area (Å²) in [7, 11) is 0. The lowest BCUT2D eigenvalue weighted by Crippen LogP contribution is -2.33. The highest BCUT2D eigenvalue weighted by molar-refractivity contribution is 5.97. The number of carbonyl (C=O) groups is 3. The predicted octanol–water partition coefficient (Wildman–Crippen LogP) is 2.26. The summed E-state index contributed by atoms with van der Waals surface area (Å²) in [6.45, 7) is 2.05. The second-order valence-corrected chi connectivity index (χ2v) is 6.90. The van der Waals surface area contributed by atoms with E-state index in [4.69, 9.17) is 5.11 Å². The highest BCUT2D eigenvalue weighted by Gasteiger charge is 2.39. The molecule has 0 spiro atoms. The van der Waals surface area contributed by atoms with Crippen molar-refractivity contribution in [2.24, 2.45) is 17.8 Å². The molecule has 0 bridgehead atoms. The van der Waals surface area contributed by atoms with Crippen LogP contribution in [0.1, 0.15) is 43.0 Å². The van der Waals surface area contributed by atoms with Gasteiger partial charge in [0.05, 0.1) is 5.92 Å². The number of benzene rings is 1. The van der Waals surface area contributed by atoms with Crippen molar-refractivity contribution in [2.75, 3.05) is 5.32 Å². The Kier molecular flexibility index (Phi) is 4.55. The van der Waals surface area contributed by atoms with Crippen LogP contribution < -0.4 is 10.6 Å². The molecule has 0 heterocycles. The van der Waals surface area contributed by atoms with Gasteiger partial charge in [0.25, 0.3) is 5.91 Å². The van der Waals surface area contributed by atoms with Crippen molar-refractivity contribution < 1.29 is 19.5 Å². The maximum absolute atomic E-state index is 12.2. The van der Waals surface area contributed by atoms with E-state index >= 15 is 0 Å². The molecular weight excluding hydrogens is 308 g/mol. The summed E-state index contributed by atoms with van der Waals surface area (Å²) in [5, 5.41) is 14.7. The van der Waals surface area contributed by atoms with Gasteiger partial charge in [0.1, 0.15) is 0 Å². The molecule has 0 saturated heterocycles. The topological polar surface area (TPSA) is 95.5 Å². The van der Waals surface area contributed by atoms with Gasteiger partial charge in [-0.15, -0.1) is 0 Å². The number of carboxylic acid groups (broad SMARTS) is 1. The van der Waals surface area contributed by atoms with Crippen molar-refractivity contribution in [1.29, 1.82) is 0 Å². The Morgan fingerprint density at radius 3 is 2.29 bits per heavy atom. The van der Waals surface area contributed by atoms with Gasteiger partial charge < -0.3 is 15.7 Å². The lowest BCUT2D eigenvalue weighted by Gasteiger charge is -2.13. The molecule has 128 valence electrons. The molecule has 6 nitrogen and oxygen atoms in total. The van der Waals surface area contributed by atoms with Gasteiger partial charge in [0, 0.05) is 23.2 Å². The van der Waals surface area contributed by atoms with Crippen LogP contribution in [0.15, 0.2) is 24.3 Å². The number of rotatable bonds is 5. The van der Waals surface area contributed by atoms with Crippen LogP contribution in [0.25, 0.3) is 0 Å². The zero-order valence-electron chi connectivity index (χ0n) is 13.6. The first-order chi connectivity index (χ1) is 11.4. The van der Waals surface area contributed by atoms with Gasteiger partial charge in [-0.1, -0.05) is 6.92 Å². The molecule has 1 aromatic rings. The third-order valence-corrected chi connectivity index (χ3v) is 4.98. The first kappa shape index (κ1) is 16.5. The van der Waals surface area contributed by atoms with Gasteiger partial charge in [-0.25, -0.2) is 0 Å². The molecule has 0 aliphatic heterocycles. The fraction of sp³-hybridized carbons (Fsp3) is 0.500. The Hall–Kier alpha value is -2.37. The molecule has 6 heteroatoms. The fourth-order valence-electron chi connectivity index (χ4n) is 3.23. The number of anilines is 1. The summed E-state index contributed by atoms with van der Waals surface area (Å²) >= 11 is 0. The number of aliphatic carboxylic acids is 1. The van der Waals surface area contributed by atoms with Crippen LogP contribution in [-0.4, -0.2) is 28.9 Å². The van der Waals surface area contributed by atoms with E-state index in [2.05, 4.69) is 17.6 Å². The van der Waals surface area contributed by atoms with Crippen LogP contribution in [0.4, 0.5) is 5.69 Å². The molecule has 2 aliphatic carbocycles. The van der Waals surface area contributed by atoms with E-state index in [9.17, 15) is 14.4 Å². The van der Waals surface area contributed by atoms with E-state index in [0.717, 1.165) is 6.42 Å². The van der Waals surface area contributed by atoms with Crippen LogP contribution >= 0.6 is 0 Å². The van der Waals surface area contributed by atoms with E-state index in [1.165, 1.54) is 0 Å². The van der Waals surface area contributed by atoms with Crippen molar-refractivity contribution >= 4 is 23.5 Å². The standard InChI is InChI=1S/C18H22N2O4/c1-10-8-15(10)17(22)19-13-5-2-11(3-6-13)16(21)20-14-7-4-12(9-14)18(23)24/h2-3,5-6,10,12,14-15H,4,7-9H2,1H3,(H,19,22)(H,20,21)(H,23,24)/t10?,12-,14+,15?/m1/s1. The average Bonchev–Trinajstić information content (AvgIpc) is 3.09. The smallest absolute Gasteiger partial charge is 0.306 e. The van der Waals surface area contributed by atoms with Gasteiger partial charge in [0.2, 0.25) is 5.91 Å². The SMILES string of the molecule is CC1CC1C(=O)Nc1ccc(C(=O)N[C@H]2CC[C@@H](C(=O)O)C2)cc1. The Morgan fingerprint density at radius 1 is 1.08 bits per heavy atom. The minimum Gasteiger partial charge on any atom is -0.481 e. The first-order valence-electron chi connectivity index (χ1n) is 8.38. The monoisotopic (exact) mass is 330 g/mol. The predicted molar refractivity (Wildman–Crippen MR) is 88.6 cm³/mol. The Labute approximate surface area is 140 Å². The fourth-order valence-corrected chi connectivity index (χ4v) is 3.23. The van der Waals surface area contributed by atoms with Crippen molar-refractivity contribution in [3.05, 3.63) is 29.8 Å². The largest absolute Gasteiger partial charge is 0.481 e. The molecule has 2 aliphatic rings. The van der Waals surface area contributed by atoms with Crippen molar-refractivity contribution in [3.8, 4) is 0 Å². The summed E-state index contributed by atoms with van der Waals surface area (Å²) in [5.41, 5.74) is 1.19. The Bertz CT molecular complexity index is 655. The summed E-state index contributed by atoms with van der Waals surface area (Å²) < 4.78 is 0. The minimum atomic E-state index is -0.795. The van der Waals surface area contributed by atoms with E-state index < -0.39 is 5.97 Å². The molecule has 4 atom stereocenters. The van der Waals surface area contributed by atoms with Crippen LogP contribution in [-0.2, 0) is 9.59 Å². The highest BCUT2D eigenvalue weighted by atomic mass is 16.4. The number of carbonyl (C=O) groups excluding carboxylic acids is 2. The molecule has 0 aromatic heterocycles. The van der Waals surface area contributed by atoms with Crippen LogP contribution in [0, 0.1) is 17.8 Å². The Balaban J connectivity index is 1.52. The molecule has 1 aromatic carbocycles. The summed E-state index contributed by atoms with van der Waals surface area (Å²) in [5.74, 6) is -0.770. The second-order valence-electron chi connectivity index (χ2n) is 6.90. The van der Waals surface area contributed by atoms with Gasteiger partial charge in [-0.3, -0.25) is 14.4 Å². The zero-order chi connectivity index (χ0) is 17.3. The molecule has 2 fully saturated rings. The molecule has 24 heavy (non-hydrogen) atoms. The third-order valence-electron chi connectivity index (χ3n) is 4.98. The number of carboxylic acids is 1. The van der Waals surface area contributed by atoms with Gasteiger partial charge in [0.15, 0.2) is 0 Å². The zero-order valence-corrected chi connectivity index (χ0v) is 13.6. The molecule has 2 saturated carbocycles. The minimum absolute atomic E-state index is 0.0327. The Morgan fingerprint density at radius 2 is 1.75 bits per heavy atom. The number of hydrogen-bond donors (Lipinski definition) is 3. The molecule has 0 radical (unpaired) electrons. The number of hydrogen-bond acceptors (Lipinski definition) is 3. The number of nitrogens with one attached hydrogen (secondary N) is 2. The second kappa shape index (κ2) is 6.63. The maximum atomic E-state index is 12.2.